The summed E-state index contributed by atoms with van der Waals surface area (Å²) < 4.78 is 37.0. The summed E-state index contributed by atoms with van der Waals surface area (Å²) in [6, 6.07) is 6.89. The fourth-order valence-electron chi connectivity index (χ4n) is 3.81. The Kier molecular flexibility index (Phi) is 10.0. The maximum atomic E-state index is 13.7. The maximum absolute atomic E-state index is 13.7. The minimum atomic E-state index is -4.27. The Hall–Kier alpha value is -3.09. The number of nitrogens with one attached hydrogen (secondary N) is 2. The molecule has 0 amide bonds. The number of hydrogen-bond acceptors (Lipinski definition) is 10. The van der Waals surface area contributed by atoms with Crippen molar-refractivity contribution in [2.24, 2.45) is 5.92 Å². The summed E-state index contributed by atoms with van der Waals surface area (Å²) in [5.74, 6) is -1.28. The molecule has 6 atom stereocenters. The highest BCUT2D eigenvalue weighted by molar-refractivity contribution is 7.52. The number of aliphatic hydroxyl groups excluding tert-OH is 1. The predicted octanol–water partition coefficient (Wildman–Crippen LogP) is 1.83. The number of esters is 1. The number of nitrogens with zero attached hydrogens (tertiary/aromatic N) is 1. The van der Waals surface area contributed by atoms with Gasteiger partial charge in [0.15, 0.2) is 11.9 Å². The Bertz CT molecular complexity index is 1330. The molecular formula is C25H34N3O10P. The fraction of sp³-hybridized carbons (Fsp3) is 0.520. The average molecular weight is 568 g/mol. The number of rotatable bonds is 12. The van der Waals surface area contributed by atoms with Crippen LogP contribution in [0.1, 0.15) is 45.9 Å². The summed E-state index contributed by atoms with van der Waals surface area (Å²) in [6.45, 7) is 7.28. The number of aliphatic hydroxyl groups is 1. The van der Waals surface area contributed by atoms with E-state index in [0.717, 1.165) is 4.57 Å². The number of carbonyl (C=O) groups excluding carboxylic acids is 2. The number of para-hydroxylation sites is 1. The molecule has 1 aliphatic rings. The van der Waals surface area contributed by atoms with Gasteiger partial charge in [0.2, 0.25) is 0 Å². The van der Waals surface area contributed by atoms with E-state index in [-0.39, 0.29) is 29.4 Å². The Balaban J connectivity index is 1.72. The van der Waals surface area contributed by atoms with Crippen LogP contribution < -0.4 is 20.9 Å². The Labute approximate surface area is 225 Å². The molecule has 3 N–H and O–H groups in total. The lowest BCUT2D eigenvalue weighted by Crippen LogP contribution is -2.39. The molecule has 0 unspecified atom stereocenters. The zero-order valence-corrected chi connectivity index (χ0v) is 23.3. The molecule has 14 heteroatoms. The summed E-state index contributed by atoms with van der Waals surface area (Å²) in [6.07, 6.45) is -2.71. The minimum absolute atomic E-state index is 0.00118. The highest BCUT2D eigenvalue weighted by atomic mass is 31.2. The van der Waals surface area contributed by atoms with E-state index < -0.39 is 62.2 Å². The monoisotopic (exact) mass is 567 g/mol. The van der Waals surface area contributed by atoms with Crippen LogP contribution in [0.25, 0.3) is 0 Å². The van der Waals surface area contributed by atoms with Crippen molar-refractivity contribution in [2.45, 2.75) is 71.6 Å². The molecule has 1 fully saturated rings. The molecule has 0 saturated carbocycles. The van der Waals surface area contributed by atoms with E-state index in [1.165, 1.54) is 39.1 Å². The first kappa shape index (κ1) is 30.5. The van der Waals surface area contributed by atoms with E-state index >= 15 is 0 Å². The van der Waals surface area contributed by atoms with Crippen molar-refractivity contribution >= 4 is 19.5 Å². The number of aryl methyl sites for hydroxylation is 1. The van der Waals surface area contributed by atoms with Gasteiger partial charge in [0.25, 0.3) is 5.56 Å². The van der Waals surface area contributed by atoms with Crippen LogP contribution in [-0.4, -0.2) is 57.4 Å². The molecule has 1 aromatic heterocycles. The average Bonchev–Trinajstić information content (AvgIpc) is 3.24. The quantitative estimate of drug-likeness (QED) is 0.252. The van der Waals surface area contributed by atoms with E-state index in [9.17, 15) is 28.8 Å². The lowest BCUT2D eigenvalue weighted by Gasteiger charge is -2.25. The topological polar surface area (TPSA) is 175 Å². The predicted molar refractivity (Wildman–Crippen MR) is 139 cm³/mol. The van der Waals surface area contributed by atoms with Gasteiger partial charge in [0, 0.05) is 24.1 Å². The number of benzene rings is 1. The second-order valence-corrected chi connectivity index (χ2v) is 11.3. The first-order valence-corrected chi connectivity index (χ1v) is 14.0. The zero-order valence-electron chi connectivity index (χ0n) is 22.4. The van der Waals surface area contributed by atoms with Crippen molar-refractivity contribution in [1.82, 2.24) is 14.6 Å². The van der Waals surface area contributed by atoms with Gasteiger partial charge < -0.3 is 19.1 Å². The molecule has 13 nitrogen and oxygen atoms in total. The maximum Gasteiger partial charge on any atom is 0.459 e. The number of carbonyl (C=O) groups is 2. The molecule has 0 spiro atoms. The van der Waals surface area contributed by atoms with E-state index in [2.05, 4.69) is 10.1 Å². The third-order valence-corrected chi connectivity index (χ3v) is 7.65. The lowest BCUT2D eigenvalue weighted by molar-refractivity contribution is -0.156. The fourth-order valence-corrected chi connectivity index (χ4v) is 5.31. The van der Waals surface area contributed by atoms with Gasteiger partial charge in [-0.3, -0.25) is 28.5 Å². The number of H-pyrrole nitrogens is 1. The van der Waals surface area contributed by atoms with Gasteiger partial charge in [-0.15, -0.1) is 0 Å². The van der Waals surface area contributed by atoms with Crippen LogP contribution in [-0.2, 0) is 28.2 Å². The molecule has 1 saturated heterocycles. The van der Waals surface area contributed by atoms with Crippen molar-refractivity contribution in [3.63, 3.8) is 0 Å². The van der Waals surface area contributed by atoms with E-state index in [0.29, 0.717) is 0 Å². The van der Waals surface area contributed by atoms with Crippen LogP contribution in [0, 0.1) is 12.8 Å². The molecule has 39 heavy (non-hydrogen) atoms. The molecule has 214 valence electrons. The van der Waals surface area contributed by atoms with E-state index in [4.69, 9.17) is 18.5 Å². The van der Waals surface area contributed by atoms with Crippen molar-refractivity contribution in [3.8, 4) is 5.75 Å². The normalized spacial score (nSPS) is 22.2. The summed E-state index contributed by atoms with van der Waals surface area (Å²) in [7, 11) is -4.27. The molecule has 0 aliphatic carbocycles. The van der Waals surface area contributed by atoms with Crippen LogP contribution in [0.15, 0.2) is 46.1 Å². The summed E-state index contributed by atoms with van der Waals surface area (Å²) in [5, 5.41) is 13.1. The number of aromatic nitrogens is 2. The Morgan fingerprint density at radius 2 is 1.87 bits per heavy atom. The van der Waals surface area contributed by atoms with Crippen molar-refractivity contribution in [1.29, 1.82) is 0 Å². The third-order valence-electron chi connectivity index (χ3n) is 6.01. The Morgan fingerprint density at radius 3 is 2.51 bits per heavy atom. The largest absolute Gasteiger partial charge is 0.459 e. The van der Waals surface area contributed by atoms with Gasteiger partial charge in [0.05, 0.1) is 12.7 Å². The summed E-state index contributed by atoms with van der Waals surface area (Å²) in [4.78, 5) is 50.8. The lowest BCUT2D eigenvalue weighted by atomic mass is 10.1. The van der Waals surface area contributed by atoms with Crippen molar-refractivity contribution in [2.75, 3.05) is 6.61 Å². The minimum Gasteiger partial charge on any atom is -0.453 e. The molecule has 2 heterocycles. The molecule has 1 aliphatic heterocycles. The Morgan fingerprint density at radius 1 is 1.21 bits per heavy atom. The molecule has 1 aromatic carbocycles. The molecule has 3 rings (SSSR count). The third kappa shape index (κ3) is 7.96. The van der Waals surface area contributed by atoms with Gasteiger partial charge in [0.1, 0.15) is 24.1 Å². The molecular weight excluding hydrogens is 533 g/mol. The SMILES string of the molecule is Cc1cn([C@@H]2C[C@@H](O)[C@H](CO[P@@](=O)(N[C@@H](C)C(=O)O[C@@H](C)C(=O)C(C)C)Oc3ccccc3)O2)c(=O)[nH]c1=O. The standard InChI is InChI=1S/C25H34N3O10P/c1-14(2)22(30)17(5)36-24(32)16(4)27-39(34,38-18-9-7-6-8-10-18)35-13-20-19(29)11-21(37-20)28-12-15(3)23(31)26-25(28)33/h6-10,12,14,16-17,19-21,29H,11,13H2,1-5H3,(H,27,34)(H,26,31,33)/t16-,17-,19+,20-,21-,39-/m0/s1. The van der Waals surface area contributed by atoms with Crippen LogP contribution >= 0.6 is 7.75 Å². The van der Waals surface area contributed by atoms with Gasteiger partial charge in [-0.2, -0.15) is 5.09 Å². The highest BCUT2D eigenvalue weighted by Gasteiger charge is 2.40. The molecule has 0 bridgehead atoms. The molecule has 0 radical (unpaired) electrons. The van der Waals surface area contributed by atoms with E-state index in [1.807, 2.05) is 0 Å². The van der Waals surface area contributed by atoms with Crippen LogP contribution in [0.2, 0.25) is 0 Å². The smallest absolute Gasteiger partial charge is 0.453 e. The second kappa shape index (κ2) is 12.8. The number of ketones is 1. The van der Waals surface area contributed by atoms with Gasteiger partial charge >= 0.3 is 19.4 Å². The number of ether oxygens (including phenoxy) is 2. The second-order valence-electron chi connectivity index (χ2n) is 9.60. The van der Waals surface area contributed by atoms with Gasteiger partial charge in [-0.25, -0.2) is 9.36 Å². The number of hydrogen-bond donors (Lipinski definition) is 3. The van der Waals surface area contributed by atoms with Crippen LogP contribution in [0.5, 0.6) is 5.75 Å². The number of aromatic amines is 1. The van der Waals surface area contributed by atoms with Crippen molar-refractivity contribution in [3.05, 3.63) is 62.9 Å². The zero-order chi connectivity index (χ0) is 28.9. The van der Waals surface area contributed by atoms with Gasteiger partial charge in [-0.05, 0) is 32.9 Å². The highest BCUT2D eigenvalue weighted by Crippen LogP contribution is 2.46. The van der Waals surface area contributed by atoms with Gasteiger partial charge in [-0.1, -0.05) is 32.0 Å². The van der Waals surface area contributed by atoms with Crippen LogP contribution in [0.3, 0.4) is 0 Å². The first-order chi connectivity index (χ1) is 18.3. The van der Waals surface area contributed by atoms with Crippen molar-refractivity contribution < 1.29 is 37.8 Å². The summed E-state index contributed by atoms with van der Waals surface area (Å²) >= 11 is 0. The summed E-state index contributed by atoms with van der Waals surface area (Å²) in [5.41, 5.74) is -0.959. The number of Topliss-reactive ketones (excluding diaryl/α,β-unsaturated/α-hetero) is 1. The first-order valence-electron chi connectivity index (χ1n) is 12.5. The van der Waals surface area contributed by atoms with Crippen LogP contribution in [0.4, 0.5) is 0 Å². The molecule has 2 aromatic rings. The van der Waals surface area contributed by atoms with E-state index in [1.54, 1.807) is 32.0 Å².